The van der Waals surface area contributed by atoms with Gasteiger partial charge in [-0.3, -0.25) is 4.79 Å². The van der Waals surface area contributed by atoms with Crippen molar-refractivity contribution in [2.24, 2.45) is 5.92 Å². The van der Waals surface area contributed by atoms with Gasteiger partial charge in [-0.2, -0.15) is 0 Å². The first-order valence-corrected chi connectivity index (χ1v) is 7.46. The fraction of sp³-hybridized carbons (Fsp3) is 0.278. The summed E-state index contributed by atoms with van der Waals surface area (Å²) in [5, 5.41) is 11.1. The van der Waals surface area contributed by atoms with Crippen molar-refractivity contribution in [2.45, 2.75) is 19.4 Å². The van der Waals surface area contributed by atoms with Crippen LogP contribution in [0, 0.1) is 5.92 Å². The Labute approximate surface area is 135 Å². The van der Waals surface area contributed by atoms with Crippen LogP contribution < -0.4 is 4.74 Å². The van der Waals surface area contributed by atoms with Crippen molar-refractivity contribution in [1.29, 1.82) is 0 Å². The summed E-state index contributed by atoms with van der Waals surface area (Å²) < 4.78 is 5.12. The Morgan fingerprint density at radius 1 is 1.14 bits per heavy atom. The molecule has 0 radical (unpaired) electrons. The van der Waals surface area contributed by atoms with Gasteiger partial charge in [0.1, 0.15) is 11.5 Å². The predicted octanol–water partition coefficient (Wildman–Crippen LogP) is 3.83. The van der Waals surface area contributed by atoms with E-state index in [4.69, 9.17) is 16.3 Å². The molecule has 3 nitrogen and oxygen atoms in total. The van der Waals surface area contributed by atoms with Gasteiger partial charge in [0, 0.05) is 5.02 Å². The smallest absolute Gasteiger partial charge is 0.136 e. The number of ether oxygens (including phenoxy) is 1. The Hall–Kier alpha value is -1.84. The molecule has 0 saturated carbocycles. The zero-order chi connectivity index (χ0) is 16.1. The molecule has 2 atom stereocenters. The second kappa shape index (κ2) is 7.43. The van der Waals surface area contributed by atoms with E-state index in [1.165, 1.54) is 6.92 Å². The summed E-state index contributed by atoms with van der Waals surface area (Å²) in [6.45, 7) is 1.51. The molecule has 22 heavy (non-hydrogen) atoms. The number of hydrogen-bond donors (Lipinski definition) is 1. The van der Waals surface area contributed by atoms with Crippen molar-refractivity contribution in [3.8, 4) is 5.75 Å². The molecule has 0 saturated heterocycles. The number of carbonyl (C=O) groups is 1. The standard InChI is InChI=1S/C18H19ClO3/c1-12(20)17(11-13-3-9-16(22-2)10-4-13)18(21)14-5-7-15(19)8-6-14/h3-10,17-18,21H,11H2,1-2H3/t17-,18-/m0/s1. The maximum atomic E-state index is 11.9. The normalized spacial score (nSPS) is 13.5. The molecule has 0 amide bonds. The van der Waals surface area contributed by atoms with Crippen molar-refractivity contribution >= 4 is 17.4 Å². The van der Waals surface area contributed by atoms with Crippen LogP contribution in [0.5, 0.6) is 5.75 Å². The number of aliphatic hydroxyl groups excluding tert-OH is 1. The molecule has 0 aromatic heterocycles. The van der Waals surface area contributed by atoms with Crippen LogP contribution in [0.15, 0.2) is 48.5 Å². The summed E-state index contributed by atoms with van der Waals surface area (Å²) in [7, 11) is 1.61. The maximum Gasteiger partial charge on any atom is 0.136 e. The van der Waals surface area contributed by atoms with Crippen molar-refractivity contribution in [3.05, 3.63) is 64.7 Å². The fourth-order valence-electron chi connectivity index (χ4n) is 2.39. The number of Topliss-reactive ketones (excluding diaryl/α,β-unsaturated/α-hetero) is 1. The van der Waals surface area contributed by atoms with E-state index in [2.05, 4.69) is 0 Å². The van der Waals surface area contributed by atoms with Crippen LogP contribution in [-0.2, 0) is 11.2 Å². The van der Waals surface area contributed by atoms with Crippen LogP contribution in [-0.4, -0.2) is 18.0 Å². The van der Waals surface area contributed by atoms with Crippen LogP contribution in [0.3, 0.4) is 0 Å². The fourth-order valence-corrected chi connectivity index (χ4v) is 2.51. The highest BCUT2D eigenvalue weighted by atomic mass is 35.5. The molecular weight excluding hydrogens is 300 g/mol. The number of carbonyl (C=O) groups excluding carboxylic acids is 1. The zero-order valence-corrected chi connectivity index (χ0v) is 13.4. The van der Waals surface area contributed by atoms with Gasteiger partial charge in [-0.15, -0.1) is 0 Å². The predicted molar refractivity (Wildman–Crippen MR) is 87.3 cm³/mol. The number of benzene rings is 2. The third-order valence-electron chi connectivity index (χ3n) is 3.73. The number of methoxy groups -OCH3 is 1. The summed E-state index contributed by atoms with van der Waals surface area (Å²) in [6.07, 6.45) is -0.375. The first-order chi connectivity index (χ1) is 10.5. The molecule has 0 fully saturated rings. The number of aliphatic hydroxyl groups is 1. The minimum absolute atomic E-state index is 0.0433. The molecule has 0 heterocycles. The molecule has 1 N–H and O–H groups in total. The van der Waals surface area contributed by atoms with Gasteiger partial charge in [0.2, 0.25) is 0 Å². The second-order valence-electron chi connectivity index (χ2n) is 5.27. The third kappa shape index (κ3) is 4.09. The molecule has 2 aromatic rings. The maximum absolute atomic E-state index is 11.9. The van der Waals surface area contributed by atoms with E-state index in [0.29, 0.717) is 17.0 Å². The minimum atomic E-state index is -0.850. The first-order valence-electron chi connectivity index (χ1n) is 7.08. The molecule has 0 bridgehead atoms. The lowest BCUT2D eigenvalue weighted by Crippen LogP contribution is -2.22. The van der Waals surface area contributed by atoms with Gasteiger partial charge in [0.15, 0.2) is 0 Å². The Bertz CT molecular complexity index is 620. The van der Waals surface area contributed by atoms with Gasteiger partial charge in [-0.1, -0.05) is 35.9 Å². The van der Waals surface area contributed by atoms with Crippen LogP contribution in [0.25, 0.3) is 0 Å². The Morgan fingerprint density at radius 3 is 2.23 bits per heavy atom. The molecule has 0 spiro atoms. The van der Waals surface area contributed by atoms with E-state index < -0.39 is 12.0 Å². The highest BCUT2D eigenvalue weighted by Gasteiger charge is 2.25. The van der Waals surface area contributed by atoms with Gasteiger partial charge in [-0.05, 0) is 48.7 Å². The highest BCUT2D eigenvalue weighted by molar-refractivity contribution is 6.30. The first kappa shape index (κ1) is 16.5. The molecule has 0 aliphatic rings. The summed E-state index contributed by atoms with van der Waals surface area (Å²) in [5.74, 6) is 0.231. The number of hydrogen-bond acceptors (Lipinski definition) is 3. The van der Waals surface area contributed by atoms with Crippen molar-refractivity contribution in [2.75, 3.05) is 7.11 Å². The summed E-state index contributed by atoms with van der Waals surface area (Å²) in [5.41, 5.74) is 1.67. The number of ketones is 1. The third-order valence-corrected chi connectivity index (χ3v) is 3.98. The van der Waals surface area contributed by atoms with E-state index in [9.17, 15) is 9.90 Å². The second-order valence-corrected chi connectivity index (χ2v) is 5.70. The van der Waals surface area contributed by atoms with Crippen LogP contribution in [0.1, 0.15) is 24.2 Å². The van der Waals surface area contributed by atoms with Crippen LogP contribution in [0.2, 0.25) is 5.02 Å². The molecule has 0 unspecified atom stereocenters. The lowest BCUT2D eigenvalue weighted by Gasteiger charge is -2.21. The summed E-state index contributed by atoms with van der Waals surface area (Å²) in [6, 6.07) is 14.4. The van der Waals surface area contributed by atoms with Crippen LogP contribution in [0.4, 0.5) is 0 Å². The average Bonchev–Trinajstić information content (AvgIpc) is 2.53. The topological polar surface area (TPSA) is 46.5 Å². The van der Waals surface area contributed by atoms with E-state index in [0.717, 1.165) is 11.3 Å². The van der Waals surface area contributed by atoms with E-state index >= 15 is 0 Å². The molecule has 116 valence electrons. The van der Waals surface area contributed by atoms with Crippen molar-refractivity contribution in [1.82, 2.24) is 0 Å². The molecule has 0 aliphatic carbocycles. The van der Waals surface area contributed by atoms with Gasteiger partial charge < -0.3 is 9.84 Å². The zero-order valence-electron chi connectivity index (χ0n) is 12.6. The SMILES string of the molecule is COc1ccc(C[C@@H](C(C)=O)[C@@H](O)c2ccc(Cl)cc2)cc1. The van der Waals surface area contributed by atoms with Gasteiger partial charge in [0.05, 0.1) is 19.1 Å². The van der Waals surface area contributed by atoms with Crippen molar-refractivity contribution < 1.29 is 14.6 Å². The Kier molecular flexibility index (Phi) is 5.58. The van der Waals surface area contributed by atoms with E-state index in [1.54, 1.807) is 31.4 Å². The monoisotopic (exact) mass is 318 g/mol. The van der Waals surface area contributed by atoms with Crippen molar-refractivity contribution in [3.63, 3.8) is 0 Å². The number of halogens is 1. The number of rotatable bonds is 6. The highest BCUT2D eigenvalue weighted by Crippen LogP contribution is 2.27. The summed E-state index contributed by atoms with van der Waals surface area (Å²) >= 11 is 5.86. The van der Waals surface area contributed by atoms with Gasteiger partial charge in [-0.25, -0.2) is 0 Å². The lowest BCUT2D eigenvalue weighted by atomic mass is 9.87. The minimum Gasteiger partial charge on any atom is -0.497 e. The van der Waals surface area contributed by atoms with Gasteiger partial charge in [0.25, 0.3) is 0 Å². The van der Waals surface area contributed by atoms with Gasteiger partial charge >= 0.3 is 0 Å². The molecule has 0 aliphatic heterocycles. The molecule has 2 aromatic carbocycles. The Morgan fingerprint density at radius 2 is 1.73 bits per heavy atom. The molecule has 2 rings (SSSR count). The lowest BCUT2D eigenvalue weighted by molar-refractivity contribution is -0.124. The largest absolute Gasteiger partial charge is 0.497 e. The Balaban J connectivity index is 2.18. The quantitative estimate of drug-likeness (QED) is 0.880. The molecular formula is C18H19ClO3. The average molecular weight is 319 g/mol. The molecule has 4 heteroatoms. The summed E-state index contributed by atoms with van der Waals surface area (Å²) in [4.78, 5) is 11.9. The van der Waals surface area contributed by atoms with E-state index in [-0.39, 0.29) is 5.78 Å². The van der Waals surface area contributed by atoms with E-state index in [1.807, 2.05) is 24.3 Å². The van der Waals surface area contributed by atoms with Crippen LogP contribution >= 0.6 is 11.6 Å².